The number of hydrogen-bond acceptors (Lipinski definition) is 4. The lowest BCUT2D eigenvalue weighted by atomic mass is 10.2. The van der Waals surface area contributed by atoms with Crippen molar-refractivity contribution in [2.45, 2.75) is 51.6 Å². The molecular formula is C18H28N4O2. The van der Waals surface area contributed by atoms with Crippen LogP contribution in [-0.4, -0.2) is 37.0 Å². The topological polar surface area (TPSA) is 87.5 Å². The summed E-state index contributed by atoms with van der Waals surface area (Å²) in [5.41, 5.74) is 7.53. The quantitative estimate of drug-likeness (QED) is 0.711. The number of benzene rings is 1. The van der Waals surface area contributed by atoms with Crippen LogP contribution in [0.1, 0.15) is 39.5 Å². The minimum atomic E-state index is -0.224. The molecule has 132 valence electrons. The van der Waals surface area contributed by atoms with Gasteiger partial charge in [0.2, 0.25) is 11.8 Å². The van der Waals surface area contributed by atoms with Gasteiger partial charge >= 0.3 is 0 Å². The maximum atomic E-state index is 12.2. The fourth-order valence-corrected chi connectivity index (χ4v) is 2.92. The highest BCUT2D eigenvalue weighted by atomic mass is 16.2. The third kappa shape index (κ3) is 5.85. The number of carbonyl (C=O) groups excluding carboxylic acids is 2. The predicted molar refractivity (Wildman–Crippen MR) is 97.0 cm³/mol. The van der Waals surface area contributed by atoms with Crippen molar-refractivity contribution in [2.24, 2.45) is 5.73 Å². The standard InChI is InChI=1S/C18H28N4O2/c1-13(19)10-17(23)20-14(2)11-18(24)21-15-6-5-7-16(12-15)22-8-3-4-9-22/h5-7,12-14H,3-4,8-11,19H2,1-2H3,(H,20,23)(H,21,24). The van der Waals surface area contributed by atoms with Gasteiger partial charge < -0.3 is 21.3 Å². The average molecular weight is 332 g/mol. The Balaban J connectivity index is 1.83. The van der Waals surface area contributed by atoms with Crippen molar-refractivity contribution < 1.29 is 9.59 Å². The van der Waals surface area contributed by atoms with Gasteiger partial charge in [0.05, 0.1) is 0 Å². The van der Waals surface area contributed by atoms with Crippen molar-refractivity contribution in [1.29, 1.82) is 0 Å². The molecule has 1 aliphatic rings. The molecule has 0 aliphatic carbocycles. The first-order chi connectivity index (χ1) is 11.4. The van der Waals surface area contributed by atoms with E-state index in [-0.39, 0.29) is 36.7 Å². The first kappa shape index (κ1) is 18.3. The molecule has 2 atom stereocenters. The molecule has 0 bridgehead atoms. The number of nitrogens with one attached hydrogen (secondary N) is 2. The Labute approximate surface area is 143 Å². The fourth-order valence-electron chi connectivity index (χ4n) is 2.92. The highest BCUT2D eigenvalue weighted by Gasteiger charge is 2.15. The number of rotatable bonds is 7. The largest absolute Gasteiger partial charge is 0.371 e. The molecule has 1 fully saturated rings. The number of anilines is 2. The first-order valence-corrected chi connectivity index (χ1v) is 8.64. The van der Waals surface area contributed by atoms with Crippen molar-refractivity contribution in [1.82, 2.24) is 5.32 Å². The van der Waals surface area contributed by atoms with Crippen LogP contribution in [0, 0.1) is 0 Å². The zero-order valence-electron chi connectivity index (χ0n) is 14.5. The van der Waals surface area contributed by atoms with Gasteiger partial charge in [0.15, 0.2) is 0 Å². The van der Waals surface area contributed by atoms with E-state index in [0.29, 0.717) is 0 Å². The molecule has 1 heterocycles. The van der Waals surface area contributed by atoms with Crippen LogP contribution >= 0.6 is 0 Å². The maximum absolute atomic E-state index is 12.2. The van der Waals surface area contributed by atoms with Gasteiger partial charge in [0.1, 0.15) is 0 Å². The van der Waals surface area contributed by atoms with Crippen LogP contribution in [0.25, 0.3) is 0 Å². The minimum Gasteiger partial charge on any atom is -0.371 e. The number of hydrogen-bond donors (Lipinski definition) is 3. The van der Waals surface area contributed by atoms with Gasteiger partial charge in [0, 0.05) is 49.4 Å². The summed E-state index contributed by atoms with van der Waals surface area (Å²) in [4.78, 5) is 26.2. The van der Waals surface area contributed by atoms with Gasteiger partial charge in [0.25, 0.3) is 0 Å². The van der Waals surface area contributed by atoms with Crippen LogP contribution in [0.2, 0.25) is 0 Å². The second kappa shape index (κ2) is 8.68. The molecule has 24 heavy (non-hydrogen) atoms. The minimum absolute atomic E-state index is 0.109. The Morgan fingerprint density at radius 3 is 2.54 bits per heavy atom. The van der Waals surface area contributed by atoms with Gasteiger partial charge in [-0.3, -0.25) is 9.59 Å². The third-order valence-electron chi connectivity index (χ3n) is 4.01. The second-order valence-electron chi connectivity index (χ2n) is 6.65. The molecule has 2 rings (SSSR count). The Bertz CT molecular complexity index is 568. The number of nitrogens with two attached hydrogens (primary N) is 1. The first-order valence-electron chi connectivity index (χ1n) is 8.64. The molecule has 6 nitrogen and oxygen atoms in total. The normalized spacial score (nSPS) is 16.5. The van der Waals surface area contributed by atoms with Crippen LogP contribution in [0.5, 0.6) is 0 Å². The molecule has 4 N–H and O–H groups in total. The predicted octanol–water partition coefficient (Wildman–Crippen LogP) is 1.86. The molecule has 0 aromatic heterocycles. The lowest BCUT2D eigenvalue weighted by Crippen LogP contribution is -2.37. The van der Waals surface area contributed by atoms with Gasteiger partial charge in [-0.15, -0.1) is 0 Å². The number of amides is 2. The molecule has 2 unspecified atom stereocenters. The van der Waals surface area contributed by atoms with Crippen LogP contribution in [-0.2, 0) is 9.59 Å². The SMILES string of the molecule is CC(N)CC(=O)NC(C)CC(=O)Nc1cccc(N2CCCC2)c1. The van der Waals surface area contributed by atoms with E-state index >= 15 is 0 Å². The summed E-state index contributed by atoms with van der Waals surface area (Å²) in [5, 5.41) is 5.71. The summed E-state index contributed by atoms with van der Waals surface area (Å²) < 4.78 is 0. The highest BCUT2D eigenvalue weighted by molar-refractivity contribution is 5.92. The maximum Gasteiger partial charge on any atom is 0.226 e. The molecular weight excluding hydrogens is 304 g/mol. The van der Waals surface area contributed by atoms with Crippen LogP contribution in [0.3, 0.4) is 0 Å². The lowest BCUT2D eigenvalue weighted by Gasteiger charge is -2.19. The molecule has 6 heteroatoms. The smallest absolute Gasteiger partial charge is 0.226 e. The molecule has 1 aliphatic heterocycles. The van der Waals surface area contributed by atoms with Crippen molar-refractivity contribution in [3.8, 4) is 0 Å². The molecule has 2 amide bonds. The van der Waals surface area contributed by atoms with Crippen molar-refractivity contribution >= 4 is 23.2 Å². The molecule has 0 spiro atoms. The monoisotopic (exact) mass is 332 g/mol. The summed E-state index contributed by atoms with van der Waals surface area (Å²) in [6.45, 7) is 5.74. The van der Waals surface area contributed by atoms with Crippen LogP contribution in [0.15, 0.2) is 24.3 Å². The summed E-state index contributed by atoms with van der Waals surface area (Å²) >= 11 is 0. The summed E-state index contributed by atoms with van der Waals surface area (Å²) in [6.07, 6.45) is 2.94. The van der Waals surface area contributed by atoms with E-state index < -0.39 is 0 Å². The molecule has 1 aromatic carbocycles. The summed E-state index contributed by atoms with van der Waals surface area (Å²) in [5.74, 6) is -0.233. The van der Waals surface area contributed by atoms with E-state index in [2.05, 4.69) is 21.6 Å². The number of nitrogens with zero attached hydrogens (tertiary/aromatic N) is 1. The van der Waals surface area contributed by atoms with Crippen LogP contribution < -0.4 is 21.3 Å². The van der Waals surface area contributed by atoms with Crippen molar-refractivity contribution in [2.75, 3.05) is 23.3 Å². The van der Waals surface area contributed by atoms with E-state index in [4.69, 9.17) is 5.73 Å². The third-order valence-corrected chi connectivity index (χ3v) is 4.01. The lowest BCUT2D eigenvalue weighted by molar-refractivity contribution is -0.122. The molecule has 0 saturated carbocycles. The molecule has 1 saturated heterocycles. The van der Waals surface area contributed by atoms with E-state index in [9.17, 15) is 9.59 Å². The van der Waals surface area contributed by atoms with Crippen LogP contribution in [0.4, 0.5) is 11.4 Å². The summed E-state index contributed by atoms with van der Waals surface area (Å²) in [6, 6.07) is 7.51. The van der Waals surface area contributed by atoms with E-state index in [1.807, 2.05) is 25.1 Å². The molecule has 0 radical (unpaired) electrons. The van der Waals surface area contributed by atoms with Gasteiger partial charge in [-0.25, -0.2) is 0 Å². The zero-order chi connectivity index (χ0) is 17.5. The highest BCUT2D eigenvalue weighted by Crippen LogP contribution is 2.23. The Kier molecular flexibility index (Phi) is 6.61. The van der Waals surface area contributed by atoms with Gasteiger partial charge in [-0.2, -0.15) is 0 Å². The zero-order valence-corrected chi connectivity index (χ0v) is 14.5. The van der Waals surface area contributed by atoms with E-state index in [0.717, 1.165) is 24.5 Å². The van der Waals surface area contributed by atoms with Crippen molar-refractivity contribution in [3.05, 3.63) is 24.3 Å². The Morgan fingerprint density at radius 1 is 1.17 bits per heavy atom. The summed E-state index contributed by atoms with van der Waals surface area (Å²) in [7, 11) is 0. The van der Waals surface area contributed by atoms with Gasteiger partial charge in [-0.1, -0.05) is 6.07 Å². The Morgan fingerprint density at radius 2 is 1.88 bits per heavy atom. The van der Waals surface area contributed by atoms with Crippen molar-refractivity contribution in [3.63, 3.8) is 0 Å². The number of carbonyl (C=O) groups is 2. The fraction of sp³-hybridized carbons (Fsp3) is 0.556. The second-order valence-corrected chi connectivity index (χ2v) is 6.65. The van der Waals surface area contributed by atoms with Gasteiger partial charge in [-0.05, 0) is 44.9 Å². The molecule has 1 aromatic rings. The van der Waals surface area contributed by atoms with E-state index in [1.54, 1.807) is 6.92 Å². The van der Waals surface area contributed by atoms with E-state index in [1.165, 1.54) is 12.8 Å². The average Bonchev–Trinajstić information content (AvgIpc) is 3.00. The Hall–Kier alpha value is -2.08.